The first-order valence-electron chi connectivity index (χ1n) is 7.51. The second kappa shape index (κ2) is 5.85. The van der Waals surface area contributed by atoms with Crippen LogP contribution in [-0.2, 0) is 4.79 Å². The van der Waals surface area contributed by atoms with Gasteiger partial charge in [0, 0.05) is 22.2 Å². The van der Waals surface area contributed by atoms with Crippen LogP contribution in [0.2, 0.25) is 5.02 Å². The van der Waals surface area contributed by atoms with E-state index < -0.39 is 0 Å². The van der Waals surface area contributed by atoms with Crippen molar-refractivity contribution in [2.75, 3.05) is 11.9 Å². The van der Waals surface area contributed by atoms with Gasteiger partial charge in [-0.1, -0.05) is 29.8 Å². The van der Waals surface area contributed by atoms with E-state index in [1.54, 1.807) is 24.3 Å². The van der Waals surface area contributed by atoms with Crippen LogP contribution < -0.4 is 20.9 Å². The summed E-state index contributed by atoms with van der Waals surface area (Å²) in [7, 11) is 0. The van der Waals surface area contributed by atoms with Gasteiger partial charge < -0.3 is 10.1 Å². The molecule has 2 aromatic carbocycles. The van der Waals surface area contributed by atoms with Gasteiger partial charge in [0.2, 0.25) is 5.91 Å². The average molecular weight is 330 g/mol. The van der Waals surface area contributed by atoms with Gasteiger partial charge in [-0.2, -0.15) is 0 Å². The van der Waals surface area contributed by atoms with Crippen LogP contribution in [0.15, 0.2) is 48.5 Å². The Bertz CT molecular complexity index is 735. The molecule has 0 spiro atoms. The quantitative estimate of drug-likeness (QED) is 0.792. The summed E-state index contributed by atoms with van der Waals surface area (Å²) in [4.78, 5) is 12.6. The van der Waals surface area contributed by atoms with E-state index >= 15 is 0 Å². The predicted molar refractivity (Wildman–Crippen MR) is 88.3 cm³/mol. The van der Waals surface area contributed by atoms with Gasteiger partial charge in [-0.25, -0.2) is 10.9 Å². The van der Waals surface area contributed by atoms with E-state index in [2.05, 4.69) is 16.2 Å². The van der Waals surface area contributed by atoms with Crippen molar-refractivity contribution in [2.45, 2.75) is 12.1 Å². The lowest BCUT2D eigenvalue weighted by atomic mass is 9.87. The number of hydrogen-bond donors (Lipinski definition) is 3. The van der Waals surface area contributed by atoms with Crippen LogP contribution in [0.1, 0.15) is 11.6 Å². The molecule has 1 saturated heterocycles. The lowest BCUT2D eigenvalue weighted by Gasteiger charge is -2.29. The molecule has 1 amide bonds. The van der Waals surface area contributed by atoms with E-state index in [4.69, 9.17) is 16.3 Å². The molecule has 2 heterocycles. The predicted octanol–water partition coefficient (Wildman–Crippen LogP) is 2.50. The Hall–Kier alpha value is -2.08. The van der Waals surface area contributed by atoms with Crippen molar-refractivity contribution in [3.63, 3.8) is 0 Å². The Morgan fingerprint density at radius 3 is 2.74 bits per heavy atom. The normalized spacial score (nSPS) is 25.2. The van der Waals surface area contributed by atoms with Gasteiger partial charge in [0.05, 0.1) is 12.6 Å². The van der Waals surface area contributed by atoms with Gasteiger partial charge >= 0.3 is 0 Å². The fraction of sp³-hybridized carbons (Fsp3) is 0.235. The Morgan fingerprint density at radius 2 is 1.91 bits per heavy atom. The minimum Gasteiger partial charge on any atom is -0.493 e. The zero-order valence-corrected chi connectivity index (χ0v) is 13.0. The van der Waals surface area contributed by atoms with Crippen LogP contribution in [0.25, 0.3) is 0 Å². The number of ether oxygens (including phenoxy) is 1. The van der Waals surface area contributed by atoms with Gasteiger partial charge in [-0.15, -0.1) is 0 Å². The number of halogens is 1. The molecule has 118 valence electrons. The number of rotatable bonds is 2. The highest BCUT2D eigenvalue weighted by Gasteiger charge is 2.44. The summed E-state index contributed by atoms with van der Waals surface area (Å²) in [5.41, 5.74) is 8.14. The molecule has 2 aromatic rings. The maximum Gasteiger partial charge on any atom is 0.243 e. The van der Waals surface area contributed by atoms with Crippen molar-refractivity contribution >= 4 is 23.2 Å². The Labute approximate surface area is 138 Å². The summed E-state index contributed by atoms with van der Waals surface area (Å²) in [6, 6.07) is 14.7. The van der Waals surface area contributed by atoms with Crippen molar-refractivity contribution in [3.8, 4) is 5.75 Å². The van der Waals surface area contributed by atoms with E-state index in [1.165, 1.54) is 0 Å². The van der Waals surface area contributed by atoms with Crippen LogP contribution in [-0.4, -0.2) is 18.6 Å². The lowest BCUT2D eigenvalue weighted by molar-refractivity contribution is -0.119. The molecule has 1 fully saturated rings. The molecule has 0 aromatic heterocycles. The zero-order valence-electron chi connectivity index (χ0n) is 12.3. The van der Waals surface area contributed by atoms with E-state index in [1.807, 2.05) is 24.3 Å². The second-order valence-corrected chi connectivity index (χ2v) is 6.19. The third-order valence-electron chi connectivity index (χ3n) is 4.33. The van der Waals surface area contributed by atoms with E-state index in [-0.39, 0.29) is 23.9 Å². The van der Waals surface area contributed by atoms with Gasteiger partial charge in [0.25, 0.3) is 0 Å². The number of carbonyl (C=O) groups excluding carboxylic acids is 1. The van der Waals surface area contributed by atoms with Crippen LogP contribution in [0.4, 0.5) is 5.69 Å². The molecule has 6 heteroatoms. The summed E-state index contributed by atoms with van der Waals surface area (Å²) in [5, 5.41) is 3.55. The van der Waals surface area contributed by atoms with Crippen LogP contribution in [0.3, 0.4) is 0 Å². The third-order valence-corrected chi connectivity index (χ3v) is 4.58. The van der Waals surface area contributed by atoms with Gasteiger partial charge in [0.1, 0.15) is 11.8 Å². The van der Waals surface area contributed by atoms with E-state index in [0.29, 0.717) is 11.6 Å². The topological polar surface area (TPSA) is 62.4 Å². The number of hydrogen-bond acceptors (Lipinski definition) is 4. The molecule has 0 aliphatic carbocycles. The number of nitrogens with one attached hydrogen (secondary N) is 3. The average Bonchev–Trinajstić information content (AvgIpc) is 3.01. The minimum atomic E-state index is -0.357. The van der Waals surface area contributed by atoms with Gasteiger partial charge in [0.15, 0.2) is 0 Å². The number of benzene rings is 2. The molecule has 23 heavy (non-hydrogen) atoms. The highest BCUT2D eigenvalue weighted by Crippen LogP contribution is 2.39. The van der Waals surface area contributed by atoms with Crippen LogP contribution in [0.5, 0.6) is 5.75 Å². The first-order chi connectivity index (χ1) is 11.2. The van der Waals surface area contributed by atoms with E-state index in [0.717, 1.165) is 17.0 Å². The van der Waals surface area contributed by atoms with Crippen molar-refractivity contribution in [1.29, 1.82) is 0 Å². The molecule has 0 saturated carbocycles. The van der Waals surface area contributed by atoms with Crippen LogP contribution in [0, 0.1) is 5.92 Å². The first-order valence-corrected chi connectivity index (χ1v) is 7.89. The number of fused-ring (bicyclic) bond motifs is 3. The lowest BCUT2D eigenvalue weighted by Crippen LogP contribution is -2.43. The standard InChI is InChI=1S/C17H16ClN3O2/c18-10-5-7-11(8-6-10)19-17(22)16-13-9-23-14-4-2-1-3-12(14)15(13)20-21-16/h1-8,13,15-16,20-21H,9H2,(H,19,22). The second-order valence-electron chi connectivity index (χ2n) is 5.75. The maximum atomic E-state index is 12.6. The maximum absolute atomic E-state index is 12.6. The highest BCUT2D eigenvalue weighted by molar-refractivity contribution is 6.30. The van der Waals surface area contributed by atoms with Crippen LogP contribution >= 0.6 is 11.6 Å². The Kier molecular flexibility index (Phi) is 3.69. The first kappa shape index (κ1) is 14.5. The number of amides is 1. The summed E-state index contributed by atoms with van der Waals surface area (Å²) in [6.45, 7) is 0.500. The molecule has 5 nitrogen and oxygen atoms in total. The molecule has 0 radical (unpaired) electrons. The van der Waals surface area contributed by atoms with Crippen molar-refractivity contribution in [3.05, 3.63) is 59.1 Å². The summed E-state index contributed by atoms with van der Waals surface area (Å²) in [5.74, 6) is 0.828. The monoisotopic (exact) mass is 329 g/mol. The Balaban J connectivity index is 1.51. The van der Waals surface area contributed by atoms with E-state index in [9.17, 15) is 4.79 Å². The largest absolute Gasteiger partial charge is 0.493 e. The van der Waals surface area contributed by atoms with Gasteiger partial charge in [-0.3, -0.25) is 4.79 Å². The minimum absolute atomic E-state index is 0.0391. The number of carbonyl (C=O) groups is 1. The molecule has 3 unspecified atom stereocenters. The summed E-state index contributed by atoms with van der Waals surface area (Å²) < 4.78 is 5.81. The molecule has 0 bridgehead atoms. The summed E-state index contributed by atoms with van der Waals surface area (Å²) >= 11 is 5.86. The fourth-order valence-corrected chi connectivity index (χ4v) is 3.28. The van der Waals surface area contributed by atoms with Crippen molar-refractivity contribution in [2.24, 2.45) is 5.92 Å². The highest BCUT2D eigenvalue weighted by atomic mass is 35.5. The van der Waals surface area contributed by atoms with Crippen molar-refractivity contribution in [1.82, 2.24) is 10.9 Å². The number of hydrazine groups is 1. The molecule has 3 atom stereocenters. The van der Waals surface area contributed by atoms with Gasteiger partial charge in [-0.05, 0) is 30.3 Å². The molecule has 4 rings (SSSR count). The molecular formula is C17H16ClN3O2. The SMILES string of the molecule is O=C(Nc1ccc(Cl)cc1)C1NNC2c3ccccc3OCC12. The number of para-hydroxylation sites is 1. The Morgan fingerprint density at radius 1 is 1.13 bits per heavy atom. The molecule has 2 aliphatic heterocycles. The number of anilines is 1. The van der Waals surface area contributed by atoms with Crippen molar-refractivity contribution < 1.29 is 9.53 Å². The zero-order chi connectivity index (χ0) is 15.8. The molecule has 2 aliphatic rings. The molecular weight excluding hydrogens is 314 g/mol. The smallest absolute Gasteiger partial charge is 0.243 e. The third kappa shape index (κ3) is 2.67. The fourth-order valence-electron chi connectivity index (χ4n) is 3.16. The summed E-state index contributed by atoms with van der Waals surface area (Å²) in [6.07, 6.45) is 0. The molecule has 3 N–H and O–H groups in total.